The topological polar surface area (TPSA) is 48.9 Å². The van der Waals surface area contributed by atoms with E-state index < -0.39 is 0 Å². The molecule has 23 heavy (non-hydrogen) atoms. The van der Waals surface area contributed by atoms with Crippen LogP contribution < -0.4 is 15.5 Å². The van der Waals surface area contributed by atoms with Gasteiger partial charge >= 0.3 is 0 Å². The molecule has 1 unspecified atom stereocenters. The van der Waals surface area contributed by atoms with Crippen molar-refractivity contribution >= 4 is 35.6 Å². The summed E-state index contributed by atoms with van der Waals surface area (Å²) in [5, 5.41) is 6.66. The molecule has 1 fully saturated rings. The number of rotatable bonds is 6. The minimum atomic E-state index is 0. The molecule has 1 aromatic carbocycles. The van der Waals surface area contributed by atoms with Crippen molar-refractivity contribution in [3.8, 4) is 0 Å². The molecule has 0 aliphatic carbocycles. The molecule has 0 bridgehead atoms. The molecule has 0 radical (unpaired) electrons. The summed E-state index contributed by atoms with van der Waals surface area (Å²) in [6.07, 6.45) is 2.62. The number of ether oxygens (including phenoxy) is 1. The summed E-state index contributed by atoms with van der Waals surface area (Å²) < 4.78 is 5.64. The lowest BCUT2D eigenvalue weighted by molar-refractivity contribution is 0.114. The highest BCUT2D eigenvalue weighted by atomic mass is 127. The quantitative estimate of drug-likeness (QED) is 0.412. The van der Waals surface area contributed by atoms with E-state index in [0.717, 1.165) is 38.5 Å². The van der Waals surface area contributed by atoms with E-state index in [0.29, 0.717) is 12.6 Å². The molecular formula is C17H29IN4O. The van der Waals surface area contributed by atoms with Crippen molar-refractivity contribution < 1.29 is 4.74 Å². The van der Waals surface area contributed by atoms with Crippen molar-refractivity contribution in [2.24, 2.45) is 4.99 Å². The number of aliphatic imine (C=N–C) groups is 1. The first kappa shape index (κ1) is 20.0. The highest BCUT2D eigenvalue weighted by Crippen LogP contribution is 2.14. The summed E-state index contributed by atoms with van der Waals surface area (Å²) >= 11 is 0. The largest absolute Gasteiger partial charge is 0.378 e. The van der Waals surface area contributed by atoms with Crippen LogP contribution in [-0.4, -0.2) is 45.9 Å². The summed E-state index contributed by atoms with van der Waals surface area (Å²) in [7, 11) is 4.10. The summed E-state index contributed by atoms with van der Waals surface area (Å²) in [5.41, 5.74) is 2.41. The van der Waals surface area contributed by atoms with Crippen LogP contribution in [-0.2, 0) is 11.3 Å². The van der Waals surface area contributed by atoms with E-state index in [1.807, 2.05) is 0 Å². The van der Waals surface area contributed by atoms with Crippen LogP contribution in [0.25, 0.3) is 0 Å². The Balaban J connectivity index is 0.00000264. The molecule has 1 heterocycles. The molecule has 2 N–H and O–H groups in total. The van der Waals surface area contributed by atoms with Crippen LogP contribution in [0.5, 0.6) is 0 Å². The van der Waals surface area contributed by atoms with Gasteiger partial charge in [0.1, 0.15) is 0 Å². The lowest BCUT2D eigenvalue weighted by atomic mass is 10.2. The summed E-state index contributed by atoms with van der Waals surface area (Å²) in [6, 6.07) is 8.47. The van der Waals surface area contributed by atoms with E-state index in [1.165, 1.54) is 11.3 Å². The molecule has 0 amide bonds. The number of hydrogen-bond acceptors (Lipinski definition) is 3. The molecular weight excluding hydrogens is 403 g/mol. The second-order valence-electron chi connectivity index (χ2n) is 5.78. The normalized spacial score (nSPS) is 17.5. The van der Waals surface area contributed by atoms with Crippen LogP contribution in [0.3, 0.4) is 0 Å². The number of nitrogens with one attached hydrogen (secondary N) is 2. The van der Waals surface area contributed by atoms with Gasteiger partial charge in [-0.05, 0) is 37.5 Å². The monoisotopic (exact) mass is 432 g/mol. The molecule has 130 valence electrons. The SMILES string of the molecule is CCNC(=NCc1cccc(N(C)C)c1)NCC1CCCO1.I. The van der Waals surface area contributed by atoms with Crippen molar-refractivity contribution in [3.63, 3.8) is 0 Å². The van der Waals surface area contributed by atoms with E-state index in [4.69, 9.17) is 4.74 Å². The van der Waals surface area contributed by atoms with Gasteiger partial charge in [0.15, 0.2) is 5.96 Å². The Hall–Kier alpha value is -1.02. The van der Waals surface area contributed by atoms with Crippen LogP contribution in [0.1, 0.15) is 25.3 Å². The van der Waals surface area contributed by atoms with Gasteiger partial charge in [-0.3, -0.25) is 0 Å². The second kappa shape index (κ2) is 10.7. The maximum atomic E-state index is 5.64. The molecule has 1 aromatic rings. The zero-order chi connectivity index (χ0) is 15.8. The third-order valence-electron chi connectivity index (χ3n) is 3.71. The molecule has 5 nitrogen and oxygen atoms in total. The summed E-state index contributed by atoms with van der Waals surface area (Å²) in [4.78, 5) is 6.77. The molecule has 1 atom stereocenters. The van der Waals surface area contributed by atoms with Gasteiger partial charge in [-0.15, -0.1) is 24.0 Å². The number of nitrogens with zero attached hydrogens (tertiary/aromatic N) is 2. The van der Waals surface area contributed by atoms with Crippen molar-refractivity contribution in [1.29, 1.82) is 0 Å². The van der Waals surface area contributed by atoms with E-state index in [-0.39, 0.29) is 24.0 Å². The first-order chi connectivity index (χ1) is 10.7. The number of anilines is 1. The highest BCUT2D eigenvalue weighted by molar-refractivity contribution is 14.0. The standard InChI is InChI=1S/C17H28N4O.HI/c1-4-18-17(20-13-16-9-6-10-22-16)19-12-14-7-5-8-15(11-14)21(2)3;/h5,7-8,11,16H,4,6,9-10,12-13H2,1-3H3,(H2,18,19,20);1H. The molecule has 0 saturated carbocycles. The molecule has 1 aliphatic rings. The predicted molar refractivity (Wildman–Crippen MR) is 108 cm³/mol. The maximum absolute atomic E-state index is 5.64. The van der Waals surface area contributed by atoms with Crippen LogP contribution in [0.2, 0.25) is 0 Å². The van der Waals surface area contributed by atoms with Crippen LogP contribution in [0, 0.1) is 0 Å². The predicted octanol–water partition coefficient (Wildman–Crippen LogP) is 2.60. The van der Waals surface area contributed by atoms with Gasteiger partial charge in [-0.2, -0.15) is 0 Å². The Kier molecular flexibility index (Phi) is 9.31. The molecule has 6 heteroatoms. The average Bonchev–Trinajstić information content (AvgIpc) is 3.03. The Morgan fingerprint density at radius 1 is 1.35 bits per heavy atom. The summed E-state index contributed by atoms with van der Waals surface area (Å²) in [6.45, 7) is 5.31. The fraction of sp³-hybridized carbons (Fsp3) is 0.588. The highest BCUT2D eigenvalue weighted by Gasteiger charge is 2.15. The first-order valence-electron chi connectivity index (χ1n) is 8.09. The van der Waals surface area contributed by atoms with Gasteiger partial charge in [0.05, 0.1) is 12.6 Å². The Bertz CT molecular complexity index is 487. The first-order valence-corrected chi connectivity index (χ1v) is 8.09. The second-order valence-corrected chi connectivity index (χ2v) is 5.78. The number of halogens is 1. The zero-order valence-electron chi connectivity index (χ0n) is 14.3. The Labute approximate surface area is 156 Å². The minimum absolute atomic E-state index is 0. The fourth-order valence-electron chi connectivity index (χ4n) is 2.46. The van der Waals surface area contributed by atoms with Crippen LogP contribution in [0.4, 0.5) is 5.69 Å². The lowest BCUT2D eigenvalue weighted by Crippen LogP contribution is -2.41. The molecule has 0 spiro atoms. The number of hydrogen-bond donors (Lipinski definition) is 2. The average molecular weight is 432 g/mol. The molecule has 2 rings (SSSR count). The van der Waals surface area contributed by atoms with Gasteiger partial charge < -0.3 is 20.3 Å². The number of benzene rings is 1. The summed E-state index contributed by atoms with van der Waals surface area (Å²) in [5.74, 6) is 0.855. The molecule has 1 saturated heterocycles. The van der Waals surface area contributed by atoms with Crippen LogP contribution >= 0.6 is 24.0 Å². The fourth-order valence-corrected chi connectivity index (χ4v) is 2.46. The number of guanidine groups is 1. The van der Waals surface area contributed by atoms with Crippen molar-refractivity contribution in [2.45, 2.75) is 32.4 Å². The van der Waals surface area contributed by atoms with Gasteiger partial charge in [0.2, 0.25) is 0 Å². The van der Waals surface area contributed by atoms with Crippen molar-refractivity contribution in [1.82, 2.24) is 10.6 Å². The zero-order valence-corrected chi connectivity index (χ0v) is 16.7. The maximum Gasteiger partial charge on any atom is 0.191 e. The Morgan fingerprint density at radius 2 is 2.17 bits per heavy atom. The molecule has 0 aromatic heterocycles. The van der Waals surface area contributed by atoms with E-state index in [2.05, 4.69) is 65.8 Å². The van der Waals surface area contributed by atoms with Gasteiger partial charge in [-0.1, -0.05) is 12.1 Å². The van der Waals surface area contributed by atoms with Crippen molar-refractivity contribution in [3.05, 3.63) is 29.8 Å². The third-order valence-corrected chi connectivity index (χ3v) is 3.71. The van der Waals surface area contributed by atoms with Gasteiger partial charge in [0.25, 0.3) is 0 Å². The smallest absolute Gasteiger partial charge is 0.191 e. The third kappa shape index (κ3) is 6.95. The Morgan fingerprint density at radius 3 is 2.83 bits per heavy atom. The van der Waals surface area contributed by atoms with Crippen LogP contribution in [0.15, 0.2) is 29.3 Å². The van der Waals surface area contributed by atoms with E-state index in [9.17, 15) is 0 Å². The van der Waals surface area contributed by atoms with E-state index >= 15 is 0 Å². The van der Waals surface area contributed by atoms with E-state index in [1.54, 1.807) is 0 Å². The minimum Gasteiger partial charge on any atom is -0.378 e. The van der Waals surface area contributed by atoms with Gasteiger partial charge in [0, 0.05) is 39.5 Å². The lowest BCUT2D eigenvalue weighted by Gasteiger charge is -2.15. The van der Waals surface area contributed by atoms with Crippen molar-refractivity contribution in [2.75, 3.05) is 38.7 Å². The van der Waals surface area contributed by atoms with Gasteiger partial charge in [-0.25, -0.2) is 4.99 Å². The molecule has 1 aliphatic heterocycles.